The maximum atomic E-state index is 15.9. The quantitative estimate of drug-likeness (QED) is 0.555. The molecule has 2 fully saturated rings. The molecule has 2 aromatic rings. The molecular weight excluding hydrogens is 500 g/mol. The van der Waals surface area contributed by atoms with Gasteiger partial charge in [0.05, 0.1) is 35.2 Å². The SMILES string of the molecule is CC(=O)N1CCc2c(c(N3CCN(C)c4cc(B5OC(C)(C)C(C)(C)O5)c(F)cc43)nn2C2CCOCC2)C1. The molecule has 4 aliphatic heterocycles. The fourth-order valence-corrected chi connectivity index (χ4v) is 6.10. The van der Waals surface area contributed by atoms with Crippen LogP contribution in [0.25, 0.3) is 0 Å². The van der Waals surface area contributed by atoms with Crippen LogP contribution in [0.4, 0.5) is 21.6 Å². The number of anilines is 3. The van der Waals surface area contributed by atoms with E-state index in [-0.39, 0.29) is 17.8 Å². The zero-order valence-corrected chi connectivity index (χ0v) is 23.9. The molecule has 1 aromatic heterocycles. The smallest absolute Gasteiger partial charge is 0.399 e. The average molecular weight is 539 g/mol. The van der Waals surface area contributed by atoms with Gasteiger partial charge in [0, 0.05) is 70.0 Å². The van der Waals surface area contributed by atoms with Crippen LogP contribution in [0.3, 0.4) is 0 Å². The van der Waals surface area contributed by atoms with Gasteiger partial charge >= 0.3 is 7.12 Å². The number of amides is 1. The minimum absolute atomic E-state index is 0.0577. The summed E-state index contributed by atoms with van der Waals surface area (Å²) in [7, 11) is 1.24. The Labute approximate surface area is 230 Å². The molecule has 1 amide bonds. The molecule has 1 aromatic carbocycles. The minimum atomic E-state index is -0.784. The third-order valence-electron chi connectivity index (χ3n) is 9.26. The Morgan fingerprint density at radius 1 is 1.05 bits per heavy atom. The first-order chi connectivity index (χ1) is 18.5. The van der Waals surface area contributed by atoms with Crippen molar-refractivity contribution in [3.63, 3.8) is 0 Å². The lowest BCUT2D eigenvalue weighted by molar-refractivity contribution is -0.129. The molecule has 39 heavy (non-hydrogen) atoms. The molecule has 2 saturated heterocycles. The summed E-state index contributed by atoms with van der Waals surface area (Å²) in [5.41, 5.74) is 3.20. The molecule has 0 atom stereocenters. The summed E-state index contributed by atoms with van der Waals surface area (Å²) in [6, 6.07) is 3.72. The molecular formula is C28H39BFN5O4. The maximum absolute atomic E-state index is 15.9. The van der Waals surface area contributed by atoms with Crippen LogP contribution in [-0.2, 0) is 31.8 Å². The van der Waals surface area contributed by atoms with E-state index in [9.17, 15) is 4.79 Å². The molecule has 210 valence electrons. The average Bonchev–Trinajstić information content (AvgIpc) is 3.37. The summed E-state index contributed by atoms with van der Waals surface area (Å²) < 4.78 is 36.0. The van der Waals surface area contributed by atoms with Gasteiger partial charge in [-0.3, -0.25) is 9.48 Å². The number of benzene rings is 1. The van der Waals surface area contributed by atoms with Crippen LogP contribution in [0.15, 0.2) is 12.1 Å². The molecule has 0 spiro atoms. The molecule has 0 N–H and O–H groups in total. The van der Waals surface area contributed by atoms with E-state index in [2.05, 4.69) is 14.5 Å². The van der Waals surface area contributed by atoms with E-state index in [0.717, 1.165) is 61.8 Å². The second-order valence-electron chi connectivity index (χ2n) is 12.3. The second-order valence-corrected chi connectivity index (χ2v) is 12.3. The van der Waals surface area contributed by atoms with Crippen LogP contribution >= 0.6 is 0 Å². The standard InChI is InChI=1S/C28H39BFN5O4/c1-18(36)33-10-7-23-20(17-33)26(31-35(23)19-8-13-37-14-9-19)34-12-11-32(6)24-15-21(22(30)16-25(24)34)29-38-27(2,3)28(4,5)39-29/h15-16,19H,7-14,17H2,1-6H3. The van der Waals surface area contributed by atoms with Gasteiger partial charge in [0.1, 0.15) is 5.82 Å². The first-order valence-corrected chi connectivity index (χ1v) is 14.1. The lowest BCUT2D eigenvalue weighted by atomic mass is 9.78. The van der Waals surface area contributed by atoms with Gasteiger partial charge in [-0.15, -0.1) is 0 Å². The normalized spacial score (nSPS) is 22.7. The van der Waals surface area contributed by atoms with E-state index in [1.54, 1.807) is 13.0 Å². The van der Waals surface area contributed by atoms with Crippen molar-refractivity contribution >= 4 is 35.7 Å². The van der Waals surface area contributed by atoms with Gasteiger partial charge in [0.15, 0.2) is 5.82 Å². The fraction of sp³-hybridized carbons (Fsp3) is 0.643. The number of hydrogen-bond donors (Lipinski definition) is 0. The summed E-state index contributed by atoms with van der Waals surface area (Å²) in [6.07, 6.45) is 2.58. The lowest BCUT2D eigenvalue weighted by Gasteiger charge is -2.37. The first kappa shape index (κ1) is 26.6. The summed E-state index contributed by atoms with van der Waals surface area (Å²) in [4.78, 5) is 18.5. The number of hydrogen-bond acceptors (Lipinski definition) is 7. The van der Waals surface area contributed by atoms with Crippen LogP contribution in [0, 0.1) is 5.82 Å². The monoisotopic (exact) mass is 539 g/mol. The van der Waals surface area contributed by atoms with Gasteiger partial charge in [-0.25, -0.2) is 4.39 Å². The van der Waals surface area contributed by atoms with Crippen molar-refractivity contribution < 1.29 is 23.2 Å². The molecule has 5 heterocycles. The van der Waals surface area contributed by atoms with Crippen molar-refractivity contribution in [1.29, 1.82) is 0 Å². The Balaban J connectivity index is 1.42. The van der Waals surface area contributed by atoms with Gasteiger partial charge < -0.3 is 28.7 Å². The fourth-order valence-electron chi connectivity index (χ4n) is 6.10. The predicted octanol–water partition coefficient (Wildman–Crippen LogP) is 3.17. The maximum Gasteiger partial charge on any atom is 0.497 e. The molecule has 0 radical (unpaired) electrons. The van der Waals surface area contributed by atoms with Gasteiger partial charge in [0.25, 0.3) is 0 Å². The summed E-state index contributed by atoms with van der Waals surface area (Å²) in [5.74, 6) is 0.512. The molecule has 11 heteroatoms. The van der Waals surface area contributed by atoms with Crippen molar-refractivity contribution in [2.45, 2.75) is 77.7 Å². The van der Waals surface area contributed by atoms with Crippen LogP contribution < -0.4 is 15.3 Å². The Morgan fingerprint density at radius 2 is 1.74 bits per heavy atom. The largest absolute Gasteiger partial charge is 0.497 e. The Morgan fingerprint density at radius 3 is 2.41 bits per heavy atom. The van der Waals surface area contributed by atoms with Crippen molar-refractivity contribution in [1.82, 2.24) is 14.7 Å². The van der Waals surface area contributed by atoms with Crippen LogP contribution in [0.5, 0.6) is 0 Å². The number of fused-ring (bicyclic) bond motifs is 2. The van der Waals surface area contributed by atoms with Gasteiger partial charge in [0.2, 0.25) is 5.91 Å². The Kier molecular flexibility index (Phi) is 6.47. The third kappa shape index (κ3) is 4.42. The molecule has 0 saturated carbocycles. The highest BCUT2D eigenvalue weighted by Crippen LogP contribution is 2.42. The number of nitrogens with zero attached hydrogens (tertiary/aromatic N) is 5. The van der Waals surface area contributed by atoms with Crippen molar-refractivity contribution in [2.24, 2.45) is 0 Å². The molecule has 0 bridgehead atoms. The van der Waals surface area contributed by atoms with Gasteiger partial charge in [-0.1, -0.05) is 0 Å². The van der Waals surface area contributed by atoms with E-state index < -0.39 is 18.3 Å². The van der Waals surface area contributed by atoms with E-state index in [1.165, 1.54) is 5.69 Å². The van der Waals surface area contributed by atoms with E-state index in [4.69, 9.17) is 19.1 Å². The third-order valence-corrected chi connectivity index (χ3v) is 9.26. The molecule has 0 unspecified atom stereocenters. The lowest BCUT2D eigenvalue weighted by Crippen LogP contribution is -2.41. The second kappa shape index (κ2) is 9.49. The zero-order valence-electron chi connectivity index (χ0n) is 23.9. The van der Waals surface area contributed by atoms with Gasteiger partial charge in [-0.05, 0) is 52.7 Å². The molecule has 9 nitrogen and oxygen atoms in total. The summed E-state index contributed by atoms with van der Waals surface area (Å²) in [6.45, 7) is 13.5. The first-order valence-electron chi connectivity index (χ1n) is 14.1. The van der Waals surface area contributed by atoms with Gasteiger partial charge in [-0.2, -0.15) is 5.10 Å². The highest BCUT2D eigenvalue weighted by atomic mass is 19.1. The van der Waals surface area contributed by atoms with E-state index in [0.29, 0.717) is 25.1 Å². The minimum Gasteiger partial charge on any atom is -0.399 e. The topological polar surface area (TPSA) is 72.3 Å². The van der Waals surface area contributed by atoms with Crippen molar-refractivity contribution in [3.8, 4) is 0 Å². The van der Waals surface area contributed by atoms with Crippen LogP contribution in [-0.4, -0.2) is 78.8 Å². The summed E-state index contributed by atoms with van der Waals surface area (Å²) in [5, 5.41) is 5.18. The molecule has 4 aliphatic rings. The number of carbonyl (C=O) groups is 1. The Hall–Kier alpha value is -2.63. The summed E-state index contributed by atoms with van der Waals surface area (Å²) >= 11 is 0. The van der Waals surface area contributed by atoms with E-state index >= 15 is 4.39 Å². The number of aromatic nitrogens is 2. The van der Waals surface area contributed by atoms with Crippen molar-refractivity contribution in [3.05, 3.63) is 29.2 Å². The number of likely N-dealkylation sites (N-methyl/N-ethyl adjacent to an activating group) is 1. The molecule has 6 rings (SSSR count). The highest BCUT2D eigenvalue weighted by molar-refractivity contribution is 6.62. The number of rotatable bonds is 3. The number of carbonyl (C=O) groups excluding carboxylic acids is 1. The van der Waals surface area contributed by atoms with Crippen LogP contribution in [0.2, 0.25) is 0 Å². The number of halogens is 1. The number of ether oxygens (including phenoxy) is 1. The molecule has 0 aliphatic carbocycles. The van der Waals surface area contributed by atoms with Crippen molar-refractivity contribution in [2.75, 3.05) is 49.7 Å². The predicted molar refractivity (Wildman–Crippen MR) is 149 cm³/mol. The highest BCUT2D eigenvalue weighted by Gasteiger charge is 2.52. The van der Waals surface area contributed by atoms with Crippen LogP contribution in [0.1, 0.15) is 64.8 Å². The zero-order chi connectivity index (χ0) is 27.7. The Bertz CT molecular complexity index is 1280. The van der Waals surface area contributed by atoms with E-state index in [1.807, 2.05) is 45.7 Å².